The topological polar surface area (TPSA) is 113 Å². The maximum atomic E-state index is 9.49. The van der Waals surface area contributed by atoms with Gasteiger partial charge in [0, 0.05) is 12.6 Å². The minimum Gasteiger partial charge on any atom is -0.394 e. The van der Waals surface area contributed by atoms with Gasteiger partial charge in [-0.15, -0.1) is 0 Å². The molecular formula is C11H20N6O. The molecule has 18 heavy (non-hydrogen) atoms. The third-order valence-corrected chi connectivity index (χ3v) is 3.26. The average Bonchev–Trinajstić information content (AvgIpc) is 2.62. The summed E-state index contributed by atoms with van der Waals surface area (Å²) in [7, 11) is 0. The van der Waals surface area contributed by atoms with Crippen molar-refractivity contribution in [2.45, 2.75) is 31.7 Å². The number of nitrogens with zero attached hydrogens (tertiary/aromatic N) is 3. The first kappa shape index (κ1) is 12.8. The lowest BCUT2D eigenvalue weighted by atomic mass is 10.1. The second-order valence-electron chi connectivity index (χ2n) is 4.49. The van der Waals surface area contributed by atoms with E-state index in [0.717, 1.165) is 31.6 Å². The van der Waals surface area contributed by atoms with Crippen molar-refractivity contribution in [3.63, 3.8) is 0 Å². The number of hydrogen-bond donors (Lipinski definition) is 4. The number of aromatic nitrogens is 2. The van der Waals surface area contributed by atoms with Gasteiger partial charge in [0.05, 0.1) is 12.6 Å². The Morgan fingerprint density at radius 3 is 2.94 bits per heavy atom. The van der Waals surface area contributed by atoms with E-state index in [9.17, 15) is 5.11 Å². The summed E-state index contributed by atoms with van der Waals surface area (Å²) in [6.07, 6.45) is 4.36. The van der Waals surface area contributed by atoms with Gasteiger partial charge >= 0.3 is 0 Å². The van der Waals surface area contributed by atoms with Crippen LogP contribution in [0, 0.1) is 0 Å². The lowest BCUT2D eigenvalue weighted by Crippen LogP contribution is -2.38. The van der Waals surface area contributed by atoms with Crippen molar-refractivity contribution in [2.75, 3.05) is 29.2 Å². The molecule has 1 aromatic heterocycles. The monoisotopic (exact) mass is 252 g/mol. The highest BCUT2D eigenvalue weighted by molar-refractivity contribution is 5.52. The Hall–Kier alpha value is -1.60. The number of hydrazine groups is 1. The third-order valence-electron chi connectivity index (χ3n) is 3.26. The highest BCUT2D eigenvalue weighted by Gasteiger charge is 2.22. The van der Waals surface area contributed by atoms with Crippen molar-refractivity contribution < 1.29 is 5.11 Å². The van der Waals surface area contributed by atoms with Gasteiger partial charge in [0.1, 0.15) is 11.6 Å². The fourth-order valence-corrected chi connectivity index (χ4v) is 2.34. The number of rotatable bonds is 3. The van der Waals surface area contributed by atoms with Crippen molar-refractivity contribution in [2.24, 2.45) is 5.84 Å². The Kier molecular flexibility index (Phi) is 4.16. The maximum Gasteiger partial charge on any atom is 0.223 e. The summed E-state index contributed by atoms with van der Waals surface area (Å²) < 4.78 is 0. The molecule has 0 spiro atoms. The van der Waals surface area contributed by atoms with E-state index in [0.29, 0.717) is 5.82 Å². The molecule has 0 amide bonds. The molecule has 1 atom stereocenters. The van der Waals surface area contributed by atoms with Crippen molar-refractivity contribution in [3.8, 4) is 0 Å². The van der Waals surface area contributed by atoms with Crippen LogP contribution in [0.4, 0.5) is 17.6 Å². The predicted molar refractivity (Wildman–Crippen MR) is 70.9 cm³/mol. The van der Waals surface area contributed by atoms with E-state index in [4.69, 9.17) is 11.6 Å². The zero-order valence-electron chi connectivity index (χ0n) is 10.3. The standard InChI is InChI=1S/C11H20N6O/c12-11-14-9(16-13)6-10(15-11)17-5-3-1-2-4-8(17)7-18/h6,8,18H,1-5,7,13H2,(H3,12,14,15,16). The number of nitrogens with one attached hydrogen (secondary N) is 1. The summed E-state index contributed by atoms with van der Waals surface area (Å²) in [5, 5.41) is 9.49. The molecule has 0 aliphatic carbocycles. The summed E-state index contributed by atoms with van der Waals surface area (Å²) in [5.74, 6) is 6.74. The maximum absolute atomic E-state index is 9.49. The number of hydrogen-bond acceptors (Lipinski definition) is 7. The first-order valence-corrected chi connectivity index (χ1v) is 6.23. The molecule has 7 heteroatoms. The van der Waals surface area contributed by atoms with Crippen LogP contribution in [-0.4, -0.2) is 34.3 Å². The molecule has 0 radical (unpaired) electrons. The highest BCUT2D eigenvalue weighted by atomic mass is 16.3. The molecule has 0 saturated carbocycles. The minimum absolute atomic E-state index is 0.0902. The predicted octanol–water partition coefficient (Wildman–Crippen LogP) is 0.0857. The van der Waals surface area contributed by atoms with Crippen LogP contribution < -0.4 is 21.9 Å². The Morgan fingerprint density at radius 2 is 2.22 bits per heavy atom. The zero-order valence-corrected chi connectivity index (χ0v) is 10.3. The molecule has 1 aliphatic rings. The summed E-state index contributed by atoms with van der Waals surface area (Å²) >= 11 is 0. The van der Waals surface area contributed by atoms with Gasteiger partial charge in [-0.1, -0.05) is 12.8 Å². The molecular weight excluding hydrogens is 232 g/mol. The molecule has 1 aromatic rings. The molecule has 0 bridgehead atoms. The molecule has 1 aliphatic heterocycles. The van der Waals surface area contributed by atoms with Crippen LogP contribution in [0.25, 0.3) is 0 Å². The lowest BCUT2D eigenvalue weighted by Gasteiger charge is -2.29. The van der Waals surface area contributed by atoms with Crippen LogP contribution in [0.3, 0.4) is 0 Å². The largest absolute Gasteiger partial charge is 0.394 e. The summed E-state index contributed by atoms with van der Waals surface area (Å²) in [6.45, 7) is 0.987. The van der Waals surface area contributed by atoms with Gasteiger partial charge in [-0.2, -0.15) is 9.97 Å². The molecule has 1 unspecified atom stereocenters. The zero-order chi connectivity index (χ0) is 13.0. The van der Waals surface area contributed by atoms with E-state index in [1.54, 1.807) is 6.07 Å². The fourth-order valence-electron chi connectivity index (χ4n) is 2.34. The van der Waals surface area contributed by atoms with E-state index < -0.39 is 0 Å². The molecule has 6 N–H and O–H groups in total. The Balaban J connectivity index is 2.29. The van der Waals surface area contributed by atoms with Crippen LogP contribution in [0.1, 0.15) is 25.7 Å². The second kappa shape index (κ2) is 5.83. The van der Waals surface area contributed by atoms with E-state index in [2.05, 4.69) is 20.3 Å². The van der Waals surface area contributed by atoms with Gasteiger partial charge in [-0.3, -0.25) is 0 Å². The van der Waals surface area contributed by atoms with Gasteiger partial charge in [-0.25, -0.2) is 5.84 Å². The summed E-state index contributed by atoms with van der Waals surface area (Å²) in [6, 6.07) is 1.84. The molecule has 0 aromatic carbocycles. The van der Waals surface area contributed by atoms with E-state index in [1.165, 1.54) is 6.42 Å². The number of aliphatic hydroxyl groups excluding tert-OH is 1. The fraction of sp³-hybridized carbons (Fsp3) is 0.636. The lowest BCUT2D eigenvalue weighted by molar-refractivity contribution is 0.254. The van der Waals surface area contributed by atoms with Crippen molar-refractivity contribution in [1.82, 2.24) is 9.97 Å². The number of aliphatic hydroxyl groups is 1. The van der Waals surface area contributed by atoms with Gasteiger partial charge in [0.25, 0.3) is 0 Å². The van der Waals surface area contributed by atoms with Crippen molar-refractivity contribution in [1.29, 1.82) is 0 Å². The second-order valence-corrected chi connectivity index (χ2v) is 4.49. The molecule has 100 valence electrons. The Labute approximate surface area is 106 Å². The molecule has 1 fully saturated rings. The normalized spacial score (nSPS) is 20.6. The first-order valence-electron chi connectivity index (χ1n) is 6.23. The minimum atomic E-state index is 0.0902. The first-order chi connectivity index (χ1) is 8.74. The molecule has 2 heterocycles. The van der Waals surface area contributed by atoms with Gasteiger partial charge < -0.3 is 21.2 Å². The van der Waals surface area contributed by atoms with Crippen LogP contribution in [0.5, 0.6) is 0 Å². The smallest absolute Gasteiger partial charge is 0.223 e. The summed E-state index contributed by atoms with van der Waals surface area (Å²) in [4.78, 5) is 10.3. The van der Waals surface area contributed by atoms with E-state index in [1.807, 2.05) is 0 Å². The van der Waals surface area contributed by atoms with Crippen molar-refractivity contribution in [3.05, 3.63) is 6.07 Å². The summed E-state index contributed by atoms with van der Waals surface area (Å²) in [5.41, 5.74) is 8.14. The number of anilines is 3. The van der Waals surface area contributed by atoms with Crippen LogP contribution >= 0.6 is 0 Å². The SMILES string of the molecule is NNc1cc(N2CCCCCC2CO)nc(N)n1. The van der Waals surface area contributed by atoms with Crippen LogP contribution in [0.15, 0.2) is 6.07 Å². The number of nitrogen functional groups attached to an aromatic ring is 2. The van der Waals surface area contributed by atoms with Crippen LogP contribution in [0.2, 0.25) is 0 Å². The Morgan fingerprint density at radius 1 is 1.39 bits per heavy atom. The van der Waals surface area contributed by atoms with Crippen LogP contribution in [-0.2, 0) is 0 Å². The quantitative estimate of drug-likeness (QED) is 0.445. The molecule has 2 rings (SSSR count). The van der Waals surface area contributed by atoms with Gasteiger partial charge in [0.2, 0.25) is 5.95 Å². The average molecular weight is 252 g/mol. The molecule has 1 saturated heterocycles. The van der Waals surface area contributed by atoms with E-state index in [-0.39, 0.29) is 18.6 Å². The highest BCUT2D eigenvalue weighted by Crippen LogP contribution is 2.24. The number of nitrogens with two attached hydrogens (primary N) is 2. The van der Waals surface area contributed by atoms with Gasteiger partial charge in [0.15, 0.2) is 0 Å². The Bertz CT molecular complexity index is 399. The van der Waals surface area contributed by atoms with Crippen molar-refractivity contribution >= 4 is 17.6 Å². The van der Waals surface area contributed by atoms with E-state index >= 15 is 0 Å². The van der Waals surface area contributed by atoms with Gasteiger partial charge in [-0.05, 0) is 12.8 Å². The molecule has 7 nitrogen and oxygen atoms in total. The third kappa shape index (κ3) is 2.80.